The van der Waals surface area contributed by atoms with Gasteiger partial charge in [0.2, 0.25) is 5.91 Å². The van der Waals surface area contributed by atoms with Gasteiger partial charge >= 0.3 is 0 Å². The molecule has 1 aliphatic heterocycles. The van der Waals surface area contributed by atoms with Crippen molar-refractivity contribution < 1.29 is 4.79 Å². The second-order valence-electron chi connectivity index (χ2n) is 6.18. The van der Waals surface area contributed by atoms with E-state index in [0.29, 0.717) is 27.6 Å². The second kappa shape index (κ2) is 7.81. The Balaban J connectivity index is 1.72. The predicted octanol–water partition coefficient (Wildman–Crippen LogP) is 5.58. The van der Waals surface area contributed by atoms with Crippen LogP contribution < -0.4 is 5.32 Å². The van der Waals surface area contributed by atoms with Gasteiger partial charge in [0.1, 0.15) is 0 Å². The van der Waals surface area contributed by atoms with Crippen LogP contribution in [-0.2, 0) is 11.2 Å². The first kappa shape index (κ1) is 18.3. The van der Waals surface area contributed by atoms with Gasteiger partial charge < -0.3 is 5.32 Å². The first-order chi connectivity index (χ1) is 11.9. The Labute approximate surface area is 161 Å². The van der Waals surface area contributed by atoms with Crippen LogP contribution in [0.3, 0.4) is 0 Å². The molecule has 25 heavy (non-hydrogen) atoms. The molecular weight excluding hydrogens is 375 g/mol. The molecule has 2 aromatic rings. The zero-order valence-electron chi connectivity index (χ0n) is 13.9. The summed E-state index contributed by atoms with van der Waals surface area (Å²) in [6.45, 7) is 4.30. The Kier molecular flexibility index (Phi) is 5.72. The van der Waals surface area contributed by atoms with Crippen molar-refractivity contribution in [1.82, 2.24) is 5.32 Å². The molecular formula is C19H18Cl2N2OS. The van der Waals surface area contributed by atoms with Gasteiger partial charge in [-0.2, -0.15) is 0 Å². The Bertz CT molecular complexity index is 819. The van der Waals surface area contributed by atoms with Crippen molar-refractivity contribution in [1.29, 1.82) is 0 Å². The van der Waals surface area contributed by atoms with E-state index in [-0.39, 0.29) is 11.2 Å². The number of benzene rings is 2. The van der Waals surface area contributed by atoms with Gasteiger partial charge in [-0.1, -0.05) is 73.1 Å². The van der Waals surface area contributed by atoms with Crippen molar-refractivity contribution in [2.75, 3.05) is 0 Å². The van der Waals surface area contributed by atoms with Crippen LogP contribution in [0.15, 0.2) is 47.5 Å². The number of halogens is 2. The minimum absolute atomic E-state index is 0.0569. The van der Waals surface area contributed by atoms with Crippen LogP contribution in [0.5, 0.6) is 0 Å². The molecule has 0 bridgehead atoms. The van der Waals surface area contributed by atoms with Gasteiger partial charge in [-0.15, -0.1) is 0 Å². The van der Waals surface area contributed by atoms with Crippen LogP contribution >= 0.6 is 35.0 Å². The zero-order valence-corrected chi connectivity index (χ0v) is 16.3. The number of amidine groups is 1. The lowest BCUT2D eigenvalue weighted by atomic mass is 10.0. The topological polar surface area (TPSA) is 41.5 Å². The molecule has 1 heterocycles. The molecule has 2 aromatic carbocycles. The highest BCUT2D eigenvalue weighted by Gasteiger charge is 2.31. The van der Waals surface area contributed by atoms with Gasteiger partial charge in [-0.3, -0.25) is 4.79 Å². The fourth-order valence-electron chi connectivity index (χ4n) is 2.55. The average molecular weight is 393 g/mol. The largest absolute Gasteiger partial charge is 0.304 e. The highest BCUT2D eigenvalue weighted by atomic mass is 35.5. The molecule has 3 nitrogen and oxygen atoms in total. The van der Waals surface area contributed by atoms with Crippen LogP contribution in [0.1, 0.15) is 30.9 Å². The van der Waals surface area contributed by atoms with Crippen LogP contribution in [0.25, 0.3) is 0 Å². The van der Waals surface area contributed by atoms with E-state index < -0.39 is 0 Å². The molecule has 1 aliphatic rings. The van der Waals surface area contributed by atoms with Gasteiger partial charge in [0.25, 0.3) is 0 Å². The van der Waals surface area contributed by atoms with Crippen molar-refractivity contribution in [3.63, 3.8) is 0 Å². The van der Waals surface area contributed by atoms with Crippen LogP contribution in [0.4, 0.5) is 5.69 Å². The van der Waals surface area contributed by atoms with E-state index in [4.69, 9.17) is 23.2 Å². The number of nitrogens with zero attached hydrogens (tertiary/aromatic N) is 1. The maximum atomic E-state index is 12.2. The molecule has 0 aromatic heterocycles. The third-order valence-corrected chi connectivity index (χ3v) is 5.94. The Morgan fingerprint density at radius 3 is 2.56 bits per heavy atom. The van der Waals surface area contributed by atoms with Crippen molar-refractivity contribution in [3.8, 4) is 0 Å². The number of carbonyl (C=O) groups excluding carboxylic acids is 1. The SMILES string of the molecule is CC(C)c1ccc(N=C2NC(=O)C(Cc3cccc(Cl)c3Cl)S2)cc1. The number of amides is 1. The minimum atomic E-state index is -0.260. The van der Waals surface area contributed by atoms with E-state index in [0.717, 1.165) is 11.3 Å². The van der Waals surface area contributed by atoms with Crippen molar-refractivity contribution in [2.24, 2.45) is 4.99 Å². The summed E-state index contributed by atoms with van der Waals surface area (Å²) in [5.74, 6) is 0.424. The number of rotatable bonds is 4. The standard InChI is InChI=1S/C19H18Cl2N2OS/c1-11(2)12-6-8-14(9-7-12)22-19-23-18(24)16(25-19)10-13-4-3-5-15(20)17(13)21/h3-9,11,16H,10H2,1-2H3,(H,22,23,24). The lowest BCUT2D eigenvalue weighted by Gasteiger charge is -2.08. The molecule has 1 unspecified atom stereocenters. The number of hydrogen-bond acceptors (Lipinski definition) is 3. The Morgan fingerprint density at radius 2 is 1.88 bits per heavy atom. The third-order valence-electron chi connectivity index (χ3n) is 4.00. The molecule has 130 valence electrons. The molecule has 0 saturated carbocycles. The van der Waals surface area contributed by atoms with E-state index in [1.54, 1.807) is 6.07 Å². The first-order valence-corrected chi connectivity index (χ1v) is 9.66. The fraction of sp³-hybridized carbons (Fsp3) is 0.263. The van der Waals surface area contributed by atoms with Gasteiger partial charge in [0.15, 0.2) is 5.17 Å². The Hall–Kier alpha value is -1.49. The number of aliphatic imine (C=N–C) groups is 1. The maximum absolute atomic E-state index is 12.2. The first-order valence-electron chi connectivity index (χ1n) is 8.03. The summed E-state index contributed by atoms with van der Waals surface area (Å²) in [5.41, 5.74) is 2.96. The quantitative estimate of drug-likeness (QED) is 0.737. The van der Waals surface area contributed by atoms with E-state index in [1.165, 1.54) is 17.3 Å². The molecule has 1 atom stereocenters. The van der Waals surface area contributed by atoms with Crippen LogP contribution in [-0.4, -0.2) is 16.3 Å². The molecule has 1 saturated heterocycles. The average Bonchev–Trinajstić information content (AvgIpc) is 2.91. The summed E-state index contributed by atoms with van der Waals surface area (Å²) in [6, 6.07) is 13.5. The highest BCUT2D eigenvalue weighted by molar-refractivity contribution is 8.15. The van der Waals surface area contributed by atoms with Crippen molar-refractivity contribution >= 4 is 51.7 Å². The van der Waals surface area contributed by atoms with Crippen LogP contribution in [0, 0.1) is 0 Å². The van der Waals surface area contributed by atoms with Gasteiger partial charge in [0.05, 0.1) is 21.0 Å². The van der Waals surface area contributed by atoms with E-state index in [2.05, 4.69) is 36.3 Å². The molecule has 1 N–H and O–H groups in total. The van der Waals surface area contributed by atoms with Gasteiger partial charge in [-0.05, 0) is 41.7 Å². The van der Waals surface area contributed by atoms with Crippen molar-refractivity contribution in [3.05, 3.63) is 63.6 Å². The van der Waals surface area contributed by atoms with Gasteiger partial charge in [0, 0.05) is 0 Å². The Morgan fingerprint density at radius 1 is 1.16 bits per heavy atom. The molecule has 3 rings (SSSR count). The normalized spacial score (nSPS) is 18.8. The monoisotopic (exact) mass is 392 g/mol. The summed E-state index contributed by atoms with van der Waals surface area (Å²) in [4.78, 5) is 16.8. The summed E-state index contributed by atoms with van der Waals surface area (Å²) in [6.07, 6.45) is 0.515. The zero-order chi connectivity index (χ0) is 18.0. The summed E-state index contributed by atoms with van der Waals surface area (Å²) >= 11 is 13.7. The second-order valence-corrected chi connectivity index (χ2v) is 8.15. The smallest absolute Gasteiger partial charge is 0.239 e. The summed E-state index contributed by atoms with van der Waals surface area (Å²) in [5, 5.41) is 4.21. The number of nitrogens with one attached hydrogen (secondary N) is 1. The molecule has 0 radical (unpaired) electrons. The maximum Gasteiger partial charge on any atom is 0.239 e. The molecule has 6 heteroatoms. The molecule has 1 fully saturated rings. The minimum Gasteiger partial charge on any atom is -0.304 e. The number of thioether (sulfide) groups is 1. The van der Waals surface area contributed by atoms with E-state index in [9.17, 15) is 4.79 Å². The predicted molar refractivity (Wildman–Crippen MR) is 107 cm³/mol. The summed E-state index contributed by atoms with van der Waals surface area (Å²) < 4.78 is 0. The van der Waals surface area contributed by atoms with E-state index >= 15 is 0 Å². The van der Waals surface area contributed by atoms with Crippen LogP contribution in [0.2, 0.25) is 10.0 Å². The lowest BCUT2D eigenvalue weighted by molar-refractivity contribution is -0.118. The molecule has 1 amide bonds. The van der Waals surface area contributed by atoms with Gasteiger partial charge in [-0.25, -0.2) is 4.99 Å². The number of carbonyl (C=O) groups is 1. The van der Waals surface area contributed by atoms with E-state index in [1.807, 2.05) is 24.3 Å². The highest BCUT2D eigenvalue weighted by Crippen LogP contribution is 2.31. The molecule has 0 aliphatic carbocycles. The summed E-state index contributed by atoms with van der Waals surface area (Å²) in [7, 11) is 0. The lowest BCUT2D eigenvalue weighted by Crippen LogP contribution is -2.26. The molecule has 0 spiro atoms. The van der Waals surface area contributed by atoms with Crippen molar-refractivity contribution in [2.45, 2.75) is 31.4 Å². The number of hydrogen-bond donors (Lipinski definition) is 1. The third kappa shape index (κ3) is 4.38. The fourth-order valence-corrected chi connectivity index (χ4v) is 3.96.